The van der Waals surface area contributed by atoms with Gasteiger partial charge in [0.1, 0.15) is 0 Å². The maximum Gasteiger partial charge on any atom is 0.260 e. The third kappa shape index (κ3) is 1.54. The monoisotopic (exact) mass is 220 g/mol. The molecule has 0 aliphatic carbocycles. The summed E-state index contributed by atoms with van der Waals surface area (Å²) < 4.78 is 0. The van der Waals surface area contributed by atoms with Crippen LogP contribution in [0.5, 0.6) is 0 Å². The molecule has 2 rings (SSSR count). The van der Waals surface area contributed by atoms with Crippen molar-refractivity contribution < 1.29 is 19.2 Å². The number of rotatable bonds is 1. The van der Waals surface area contributed by atoms with E-state index in [0.717, 1.165) is 11.1 Å². The summed E-state index contributed by atoms with van der Waals surface area (Å²) in [6.45, 7) is 1.51. The average Bonchev–Trinajstić information content (AvgIpc) is 2.62. The van der Waals surface area contributed by atoms with Gasteiger partial charge in [-0.3, -0.25) is 24.5 Å². The normalized spacial score (nSPS) is 23.2. The molecule has 0 spiro atoms. The van der Waals surface area contributed by atoms with Gasteiger partial charge in [0.15, 0.2) is 0 Å². The van der Waals surface area contributed by atoms with Crippen molar-refractivity contribution >= 4 is 23.6 Å². The molecule has 1 saturated heterocycles. The molecular weight excluding hydrogens is 212 g/mol. The van der Waals surface area contributed by atoms with Crippen molar-refractivity contribution in [1.29, 1.82) is 0 Å². The van der Waals surface area contributed by atoms with Crippen LogP contribution in [0.4, 0.5) is 0 Å². The van der Waals surface area contributed by atoms with Crippen LogP contribution in [0.25, 0.3) is 0 Å². The average molecular weight is 220 g/mol. The summed E-state index contributed by atoms with van der Waals surface area (Å²) >= 11 is 0. The van der Waals surface area contributed by atoms with Crippen molar-refractivity contribution in [3.8, 4) is 0 Å². The predicted molar refractivity (Wildman–Crippen MR) is 51.5 cm³/mol. The second kappa shape index (κ2) is 3.41. The zero-order chi connectivity index (χ0) is 11.9. The van der Waals surface area contributed by atoms with E-state index in [2.05, 4.69) is 5.32 Å². The number of imide groups is 2. The number of nitrogens with zero attached hydrogens (tertiary/aromatic N) is 1. The van der Waals surface area contributed by atoms with Crippen LogP contribution in [0.15, 0.2) is 23.4 Å². The lowest BCUT2D eigenvalue weighted by Crippen LogP contribution is -2.26. The van der Waals surface area contributed by atoms with Crippen LogP contribution < -0.4 is 5.32 Å². The lowest BCUT2D eigenvalue weighted by Gasteiger charge is -2.08. The van der Waals surface area contributed by atoms with Gasteiger partial charge in [-0.05, 0) is 6.92 Å². The van der Waals surface area contributed by atoms with E-state index in [0.29, 0.717) is 5.57 Å². The first-order chi connectivity index (χ1) is 7.49. The lowest BCUT2D eigenvalue weighted by molar-refractivity contribution is -0.134. The molecule has 2 aliphatic heterocycles. The molecule has 4 amide bonds. The fraction of sp³-hybridized carbons (Fsp3) is 0.200. The van der Waals surface area contributed by atoms with E-state index in [1.807, 2.05) is 0 Å². The molecule has 2 aliphatic rings. The Morgan fingerprint density at radius 3 is 2.44 bits per heavy atom. The van der Waals surface area contributed by atoms with Crippen LogP contribution in [0, 0.1) is 0 Å². The molecule has 6 nitrogen and oxygen atoms in total. The smallest absolute Gasteiger partial charge is 0.260 e. The lowest BCUT2D eigenvalue weighted by atomic mass is 10.2. The molecule has 0 aromatic rings. The van der Waals surface area contributed by atoms with Gasteiger partial charge in [-0.15, -0.1) is 0 Å². The number of hydrogen-bond acceptors (Lipinski definition) is 4. The second-order valence-electron chi connectivity index (χ2n) is 3.55. The summed E-state index contributed by atoms with van der Waals surface area (Å²) in [6.07, 6.45) is 2.21. The molecule has 0 unspecified atom stereocenters. The maximum absolute atomic E-state index is 11.5. The van der Waals surface area contributed by atoms with Crippen LogP contribution in [0.3, 0.4) is 0 Å². The minimum absolute atomic E-state index is 0.102. The Kier molecular flexibility index (Phi) is 2.19. The van der Waals surface area contributed by atoms with Gasteiger partial charge in [0.2, 0.25) is 5.91 Å². The molecule has 0 aromatic carbocycles. The summed E-state index contributed by atoms with van der Waals surface area (Å²) in [7, 11) is 0. The summed E-state index contributed by atoms with van der Waals surface area (Å²) in [5, 5.41) is 2.07. The van der Waals surface area contributed by atoms with Gasteiger partial charge < -0.3 is 0 Å². The highest BCUT2D eigenvalue weighted by molar-refractivity contribution is 6.18. The SMILES string of the molecule is CC1=CC(=O)N(C=C2CC(=O)NC2=O)C1=O. The van der Waals surface area contributed by atoms with Crippen molar-refractivity contribution in [3.05, 3.63) is 23.4 Å². The van der Waals surface area contributed by atoms with Crippen LogP contribution in [0.1, 0.15) is 13.3 Å². The Labute approximate surface area is 90.6 Å². The molecular formula is C10H8N2O4. The van der Waals surface area contributed by atoms with Crippen molar-refractivity contribution in [2.75, 3.05) is 0 Å². The van der Waals surface area contributed by atoms with Crippen molar-refractivity contribution in [2.45, 2.75) is 13.3 Å². The Morgan fingerprint density at radius 1 is 1.31 bits per heavy atom. The van der Waals surface area contributed by atoms with E-state index in [1.165, 1.54) is 13.0 Å². The zero-order valence-electron chi connectivity index (χ0n) is 8.44. The van der Waals surface area contributed by atoms with Gasteiger partial charge in [-0.1, -0.05) is 0 Å². The highest BCUT2D eigenvalue weighted by Crippen LogP contribution is 2.16. The summed E-state index contributed by atoms with van der Waals surface area (Å²) in [4.78, 5) is 45.7. The van der Waals surface area contributed by atoms with Crippen molar-refractivity contribution in [2.24, 2.45) is 0 Å². The van der Waals surface area contributed by atoms with Gasteiger partial charge >= 0.3 is 0 Å². The van der Waals surface area contributed by atoms with E-state index in [1.54, 1.807) is 0 Å². The number of carbonyl (C=O) groups is 4. The van der Waals surface area contributed by atoms with Crippen molar-refractivity contribution in [3.63, 3.8) is 0 Å². The molecule has 82 valence electrons. The van der Waals surface area contributed by atoms with Crippen LogP contribution >= 0.6 is 0 Å². The minimum atomic E-state index is -0.560. The number of hydrogen-bond donors (Lipinski definition) is 1. The predicted octanol–water partition coefficient (Wildman–Crippen LogP) is -0.768. The molecule has 0 bridgehead atoms. The van der Waals surface area contributed by atoms with Crippen molar-refractivity contribution in [1.82, 2.24) is 10.2 Å². The second-order valence-corrected chi connectivity index (χ2v) is 3.55. The van der Waals surface area contributed by atoms with E-state index in [-0.39, 0.29) is 12.0 Å². The first kappa shape index (κ1) is 10.3. The zero-order valence-corrected chi connectivity index (χ0v) is 8.44. The summed E-state index contributed by atoms with van der Waals surface area (Å²) in [6, 6.07) is 0. The fourth-order valence-corrected chi connectivity index (χ4v) is 1.49. The van der Waals surface area contributed by atoms with E-state index >= 15 is 0 Å². The molecule has 1 fully saturated rings. The van der Waals surface area contributed by atoms with E-state index in [4.69, 9.17) is 0 Å². The molecule has 2 heterocycles. The minimum Gasteiger partial charge on any atom is -0.292 e. The Hall–Kier alpha value is -2.24. The number of carbonyl (C=O) groups excluding carboxylic acids is 4. The van der Waals surface area contributed by atoms with Crippen LogP contribution in [-0.4, -0.2) is 28.5 Å². The topological polar surface area (TPSA) is 83.6 Å². The van der Waals surface area contributed by atoms with Crippen LogP contribution in [-0.2, 0) is 19.2 Å². The molecule has 6 heteroatoms. The molecule has 0 saturated carbocycles. The largest absolute Gasteiger partial charge is 0.292 e. The molecule has 0 atom stereocenters. The molecule has 16 heavy (non-hydrogen) atoms. The third-order valence-corrected chi connectivity index (χ3v) is 2.31. The van der Waals surface area contributed by atoms with Gasteiger partial charge in [-0.2, -0.15) is 0 Å². The highest BCUT2D eigenvalue weighted by Gasteiger charge is 2.31. The fourth-order valence-electron chi connectivity index (χ4n) is 1.49. The quantitative estimate of drug-likeness (QED) is 0.464. The van der Waals surface area contributed by atoms with Gasteiger partial charge in [0.25, 0.3) is 17.7 Å². The summed E-state index contributed by atoms with van der Waals surface area (Å²) in [5.74, 6) is -1.96. The molecule has 0 radical (unpaired) electrons. The Morgan fingerprint density at radius 2 is 2.00 bits per heavy atom. The van der Waals surface area contributed by atoms with E-state index in [9.17, 15) is 19.2 Å². The third-order valence-electron chi connectivity index (χ3n) is 2.31. The molecule has 1 N–H and O–H groups in total. The molecule has 0 aromatic heterocycles. The van der Waals surface area contributed by atoms with E-state index < -0.39 is 23.6 Å². The number of nitrogens with one attached hydrogen (secondary N) is 1. The highest BCUT2D eigenvalue weighted by atomic mass is 16.2. The maximum atomic E-state index is 11.5. The Balaban J connectivity index is 2.26. The van der Waals surface area contributed by atoms with Crippen LogP contribution in [0.2, 0.25) is 0 Å². The van der Waals surface area contributed by atoms with Gasteiger partial charge in [0.05, 0.1) is 6.42 Å². The standard InChI is InChI=1S/C10H8N2O4/c1-5-2-8(14)12(10(5)16)4-6-3-7(13)11-9(6)15/h2,4H,3H2,1H3,(H,11,13,15). The first-order valence-corrected chi connectivity index (χ1v) is 4.60. The summed E-state index contributed by atoms with van der Waals surface area (Å²) in [5.41, 5.74) is 0.432. The van der Waals surface area contributed by atoms with Gasteiger partial charge in [-0.25, -0.2) is 4.90 Å². The van der Waals surface area contributed by atoms with Gasteiger partial charge in [0, 0.05) is 23.4 Å². The number of amides is 4. The Bertz CT molecular complexity index is 487. The first-order valence-electron chi connectivity index (χ1n) is 4.60.